The lowest BCUT2D eigenvalue weighted by Crippen LogP contribution is -2.36. The van der Waals surface area contributed by atoms with Crippen LogP contribution in [0.25, 0.3) is 5.52 Å². The maximum absolute atomic E-state index is 12.8. The van der Waals surface area contributed by atoms with Crippen LogP contribution in [0.5, 0.6) is 0 Å². The molecule has 0 radical (unpaired) electrons. The van der Waals surface area contributed by atoms with E-state index in [1.54, 1.807) is 10.6 Å². The first kappa shape index (κ1) is 19.4. The largest absolute Gasteiger partial charge is 0.349 e. The van der Waals surface area contributed by atoms with Crippen LogP contribution >= 0.6 is 0 Å². The summed E-state index contributed by atoms with van der Waals surface area (Å²) < 4.78 is 1.69. The molecule has 146 valence electrons. The van der Waals surface area contributed by atoms with Crippen LogP contribution < -0.4 is 10.6 Å². The highest BCUT2D eigenvalue weighted by molar-refractivity contribution is 6.02. The zero-order chi connectivity index (χ0) is 19.2. The molecule has 2 amide bonds. The predicted molar refractivity (Wildman–Crippen MR) is 105 cm³/mol. The van der Waals surface area contributed by atoms with Crippen LogP contribution in [0.2, 0.25) is 0 Å². The summed E-state index contributed by atoms with van der Waals surface area (Å²) in [6.45, 7) is 1.47. The van der Waals surface area contributed by atoms with E-state index in [2.05, 4.69) is 20.5 Å². The number of aromatic nitrogens is 2. The van der Waals surface area contributed by atoms with Gasteiger partial charge < -0.3 is 15.5 Å². The lowest BCUT2D eigenvalue weighted by molar-refractivity contribution is 0.0925. The SMILES string of the molecule is CN(C)CCCNC(=O)c1nc(C(=O)NC2CCCCC2)c2ccccn12. The van der Waals surface area contributed by atoms with Crippen LogP contribution in [-0.2, 0) is 0 Å². The summed E-state index contributed by atoms with van der Waals surface area (Å²) in [5.74, 6) is -0.201. The van der Waals surface area contributed by atoms with Crippen molar-refractivity contribution in [2.45, 2.75) is 44.6 Å². The van der Waals surface area contributed by atoms with Gasteiger partial charge in [-0.05, 0) is 52.0 Å². The third-order valence-corrected chi connectivity index (χ3v) is 4.97. The zero-order valence-electron chi connectivity index (χ0n) is 16.2. The van der Waals surface area contributed by atoms with Gasteiger partial charge in [0.15, 0.2) is 5.69 Å². The van der Waals surface area contributed by atoms with Gasteiger partial charge in [-0.2, -0.15) is 0 Å². The summed E-state index contributed by atoms with van der Waals surface area (Å²) in [4.78, 5) is 31.8. The Hall–Kier alpha value is -2.41. The normalized spacial score (nSPS) is 15.2. The number of hydrogen-bond donors (Lipinski definition) is 2. The maximum Gasteiger partial charge on any atom is 0.287 e. The summed E-state index contributed by atoms with van der Waals surface area (Å²) in [5, 5.41) is 5.99. The molecule has 0 aliphatic heterocycles. The van der Waals surface area contributed by atoms with Gasteiger partial charge in [0, 0.05) is 18.8 Å². The molecule has 7 nitrogen and oxygen atoms in total. The van der Waals surface area contributed by atoms with Crippen molar-refractivity contribution in [3.63, 3.8) is 0 Å². The molecule has 0 atom stereocenters. The zero-order valence-corrected chi connectivity index (χ0v) is 16.2. The standard InChI is InChI=1S/C20H29N5O2/c1-24(2)13-8-12-21-20(27)18-23-17(16-11-6-7-14-25(16)18)19(26)22-15-9-4-3-5-10-15/h6-7,11,14-15H,3-5,8-10,12-13H2,1-2H3,(H,21,27)(H,22,26). The Balaban J connectivity index is 1.74. The van der Waals surface area contributed by atoms with Crippen LogP contribution in [-0.4, -0.2) is 59.3 Å². The molecule has 1 saturated carbocycles. The smallest absolute Gasteiger partial charge is 0.287 e. The van der Waals surface area contributed by atoms with Crippen LogP contribution in [0.1, 0.15) is 59.6 Å². The second-order valence-corrected chi connectivity index (χ2v) is 7.46. The van der Waals surface area contributed by atoms with E-state index < -0.39 is 0 Å². The molecule has 1 aliphatic rings. The van der Waals surface area contributed by atoms with Crippen LogP contribution in [0.3, 0.4) is 0 Å². The summed E-state index contributed by atoms with van der Waals surface area (Å²) in [6, 6.07) is 5.72. The van der Waals surface area contributed by atoms with Gasteiger partial charge in [-0.25, -0.2) is 4.98 Å². The van der Waals surface area contributed by atoms with Crippen molar-refractivity contribution in [2.75, 3.05) is 27.2 Å². The highest BCUT2D eigenvalue weighted by Crippen LogP contribution is 2.19. The number of nitrogens with one attached hydrogen (secondary N) is 2. The maximum atomic E-state index is 12.8. The summed E-state index contributed by atoms with van der Waals surface area (Å²) in [6.07, 6.45) is 8.18. The minimum absolute atomic E-state index is 0.197. The first-order valence-electron chi connectivity index (χ1n) is 9.77. The third-order valence-electron chi connectivity index (χ3n) is 4.97. The van der Waals surface area contributed by atoms with Gasteiger partial charge in [-0.3, -0.25) is 14.0 Å². The highest BCUT2D eigenvalue weighted by Gasteiger charge is 2.23. The quantitative estimate of drug-likeness (QED) is 0.731. The molecule has 3 rings (SSSR count). The molecular weight excluding hydrogens is 342 g/mol. The van der Waals surface area contributed by atoms with Crippen LogP contribution in [0, 0.1) is 0 Å². The number of carbonyl (C=O) groups is 2. The second-order valence-electron chi connectivity index (χ2n) is 7.46. The molecule has 2 aromatic rings. The Morgan fingerprint density at radius 3 is 2.70 bits per heavy atom. The van der Waals surface area contributed by atoms with E-state index in [1.165, 1.54) is 6.42 Å². The predicted octanol–water partition coefficient (Wildman–Crippen LogP) is 2.08. The molecule has 0 spiro atoms. The molecule has 0 unspecified atom stereocenters. The molecule has 1 fully saturated rings. The molecule has 2 N–H and O–H groups in total. The summed E-state index contributed by atoms with van der Waals surface area (Å²) >= 11 is 0. The molecular formula is C20H29N5O2. The highest BCUT2D eigenvalue weighted by atomic mass is 16.2. The minimum Gasteiger partial charge on any atom is -0.349 e. The number of carbonyl (C=O) groups excluding carboxylic acids is 2. The van der Waals surface area contributed by atoms with Gasteiger partial charge in [0.2, 0.25) is 5.82 Å². The molecule has 0 saturated heterocycles. The van der Waals surface area contributed by atoms with E-state index in [0.29, 0.717) is 17.8 Å². The summed E-state index contributed by atoms with van der Waals surface area (Å²) in [7, 11) is 4.00. The number of rotatable bonds is 7. The van der Waals surface area contributed by atoms with E-state index in [-0.39, 0.29) is 23.7 Å². The number of hydrogen-bond acceptors (Lipinski definition) is 4. The van der Waals surface area contributed by atoms with Gasteiger partial charge >= 0.3 is 0 Å². The number of imidazole rings is 1. The van der Waals surface area contributed by atoms with E-state index in [1.807, 2.05) is 32.3 Å². The number of nitrogens with zero attached hydrogens (tertiary/aromatic N) is 3. The van der Waals surface area contributed by atoms with E-state index >= 15 is 0 Å². The Bertz CT molecular complexity index is 793. The Labute approximate surface area is 160 Å². The van der Waals surface area contributed by atoms with E-state index in [0.717, 1.165) is 38.6 Å². The van der Waals surface area contributed by atoms with Gasteiger partial charge in [-0.15, -0.1) is 0 Å². The van der Waals surface area contributed by atoms with Crippen molar-refractivity contribution >= 4 is 17.3 Å². The van der Waals surface area contributed by atoms with Crippen molar-refractivity contribution in [1.29, 1.82) is 0 Å². The number of pyridine rings is 1. The Kier molecular flexibility index (Phi) is 6.45. The van der Waals surface area contributed by atoms with Gasteiger partial charge in [0.05, 0.1) is 5.52 Å². The van der Waals surface area contributed by atoms with Crippen molar-refractivity contribution in [1.82, 2.24) is 24.9 Å². The minimum atomic E-state index is -0.258. The Morgan fingerprint density at radius 2 is 1.96 bits per heavy atom. The molecule has 7 heteroatoms. The molecule has 0 aromatic carbocycles. The van der Waals surface area contributed by atoms with Crippen LogP contribution in [0.4, 0.5) is 0 Å². The van der Waals surface area contributed by atoms with Crippen LogP contribution in [0.15, 0.2) is 24.4 Å². The lowest BCUT2D eigenvalue weighted by Gasteiger charge is -2.22. The monoisotopic (exact) mass is 371 g/mol. The molecule has 2 heterocycles. The fourth-order valence-electron chi connectivity index (χ4n) is 3.54. The average Bonchev–Trinajstić information content (AvgIpc) is 3.06. The molecule has 1 aliphatic carbocycles. The second kappa shape index (κ2) is 8.99. The molecule has 2 aromatic heterocycles. The van der Waals surface area contributed by atoms with Crippen molar-refractivity contribution in [3.05, 3.63) is 35.9 Å². The number of amides is 2. The van der Waals surface area contributed by atoms with Crippen molar-refractivity contribution in [2.24, 2.45) is 0 Å². The van der Waals surface area contributed by atoms with Gasteiger partial charge in [0.1, 0.15) is 0 Å². The van der Waals surface area contributed by atoms with Crippen molar-refractivity contribution in [3.8, 4) is 0 Å². The van der Waals surface area contributed by atoms with E-state index in [9.17, 15) is 9.59 Å². The third kappa shape index (κ3) is 4.86. The van der Waals surface area contributed by atoms with Gasteiger partial charge in [0.25, 0.3) is 11.8 Å². The first-order valence-corrected chi connectivity index (χ1v) is 9.77. The van der Waals surface area contributed by atoms with E-state index in [4.69, 9.17) is 0 Å². The topological polar surface area (TPSA) is 78.7 Å². The molecule has 27 heavy (non-hydrogen) atoms. The first-order chi connectivity index (χ1) is 13.1. The van der Waals surface area contributed by atoms with Gasteiger partial charge in [-0.1, -0.05) is 25.3 Å². The van der Waals surface area contributed by atoms with Crippen molar-refractivity contribution < 1.29 is 9.59 Å². The average molecular weight is 371 g/mol. The lowest BCUT2D eigenvalue weighted by atomic mass is 9.95. The number of fused-ring (bicyclic) bond motifs is 1. The fourth-order valence-corrected chi connectivity index (χ4v) is 3.54. The summed E-state index contributed by atoms with van der Waals surface area (Å²) in [5.41, 5.74) is 0.976. The Morgan fingerprint density at radius 1 is 1.19 bits per heavy atom. The fraction of sp³-hybridized carbons (Fsp3) is 0.550. The molecule has 0 bridgehead atoms.